The van der Waals surface area contributed by atoms with Gasteiger partial charge in [-0.05, 0) is 72.1 Å². The van der Waals surface area contributed by atoms with Gasteiger partial charge in [0, 0.05) is 42.4 Å². The van der Waals surface area contributed by atoms with Gasteiger partial charge in [0.1, 0.15) is 0 Å². The van der Waals surface area contributed by atoms with Crippen LogP contribution in [0, 0.1) is 0 Å². The Bertz CT molecular complexity index is 648. The number of nitrogens with zero attached hydrogens (tertiary/aromatic N) is 2. The first-order valence-corrected chi connectivity index (χ1v) is 9.93. The lowest BCUT2D eigenvalue weighted by molar-refractivity contribution is 0.00578. The van der Waals surface area contributed by atoms with E-state index in [1.54, 1.807) is 0 Å². The van der Waals surface area contributed by atoms with Crippen molar-refractivity contribution >= 4 is 29.9 Å². The summed E-state index contributed by atoms with van der Waals surface area (Å²) in [5.41, 5.74) is 1.66. The first-order chi connectivity index (χ1) is 11.9. The monoisotopic (exact) mass is 378 g/mol. The zero-order valence-electron chi connectivity index (χ0n) is 17.2. The van der Waals surface area contributed by atoms with Crippen molar-refractivity contribution in [2.75, 3.05) is 31.1 Å². The molecule has 2 fully saturated rings. The molecule has 4 nitrogen and oxygen atoms in total. The summed E-state index contributed by atoms with van der Waals surface area (Å²) in [5, 5.41) is 0.727. The highest BCUT2D eigenvalue weighted by molar-refractivity contribution is 6.62. The normalized spacial score (nSPS) is 23.5. The van der Waals surface area contributed by atoms with Crippen LogP contribution in [0.1, 0.15) is 48.5 Å². The van der Waals surface area contributed by atoms with Gasteiger partial charge in [-0.25, -0.2) is 0 Å². The minimum atomic E-state index is -0.381. The van der Waals surface area contributed by atoms with Gasteiger partial charge < -0.3 is 14.2 Å². The Kier molecular flexibility index (Phi) is 5.15. The Balaban J connectivity index is 1.78. The van der Waals surface area contributed by atoms with Gasteiger partial charge in [-0.2, -0.15) is 0 Å². The van der Waals surface area contributed by atoms with E-state index in [-0.39, 0.29) is 23.9 Å². The zero-order valence-corrected chi connectivity index (χ0v) is 18.0. The summed E-state index contributed by atoms with van der Waals surface area (Å²) in [6.45, 7) is 19.2. The number of anilines is 1. The summed E-state index contributed by atoms with van der Waals surface area (Å²) >= 11 is 6.44. The quantitative estimate of drug-likeness (QED) is 0.735. The van der Waals surface area contributed by atoms with Crippen molar-refractivity contribution in [3.8, 4) is 0 Å². The van der Waals surface area contributed by atoms with E-state index >= 15 is 0 Å². The highest BCUT2D eigenvalue weighted by Crippen LogP contribution is 2.37. The third-order valence-corrected chi connectivity index (χ3v) is 6.24. The van der Waals surface area contributed by atoms with Crippen molar-refractivity contribution in [2.45, 2.75) is 65.2 Å². The second-order valence-corrected chi connectivity index (χ2v) is 9.91. The molecule has 2 saturated heterocycles. The average Bonchev–Trinajstić information content (AvgIpc) is 2.74. The first-order valence-electron chi connectivity index (χ1n) is 9.55. The fourth-order valence-electron chi connectivity index (χ4n) is 3.53. The second kappa shape index (κ2) is 6.70. The van der Waals surface area contributed by atoms with Crippen molar-refractivity contribution < 1.29 is 9.31 Å². The Labute approximate surface area is 163 Å². The van der Waals surface area contributed by atoms with Crippen molar-refractivity contribution in [3.05, 3.63) is 23.2 Å². The van der Waals surface area contributed by atoms with E-state index in [9.17, 15) is 0 Å². The number of rotatable bonds is 2. The third-order valence-electron chi connectivity index (χ3n) is 6.02. The zero-order chi connectivity index (χ0) is 19.3. The molecule has 0 amide bonds. The van der Waals surface area contributed by atoms with Gasteiger partial charge in [0.2, 0.25) is 0 Å². The van der Waals surface area contributed by atoms with Crippen molar-refractivity contribution in [3.63, 3.8) is 0 Å². The Morgan fingerprint density at radius 1 is 0.923 bits per heavy atom. The van der Waals surface area contributed by atoms with Crippen LogP contribution in [0.4, 0.5) is 5.69 Å². The SMILES string of the molecule is CC(C)(C)N1CCN(c2cc(Cl)cc(B3OC(C)(C)C(C)(C)O3)c2)CC1. The molecule has 0 unspecified atom stereocenters. The number of benzene rings is 1. The van der Waals surface area contributed by atoms with Crippen LogP contribution in [0.3, 0.4) is 0 Å². The molecule has 0 spiro atoms. The van der Waals surface area contributed by atoms with Gasteiger partial charge in [0.15, 0.2) is 0 Å². The summed E-state index contributed by atoms with van der Waals surface area (Å²) < 4.78 is 12.4. The number of piperazine rings is 1. The van der Waals surface area contributed by atoms with Gasteiger partial charge in [-0.1, -0.05) is 11.6 Å². The minimum absolute atomic E-state index is 0.217. The molecule has 2 aliphatic rings. The van der Waals surface area contributed by atoms with Gasteiger partial charge >= 0.3 is 7.12 Å². The van der Waals surface area contributed by atoms with E-state index in [4.69, 9.17) is 20.9 Å². The van der Waals surface area contributed by atoms with E-state index in [0.29, 0.717) is 0 Å². The maximum atomic E-state index is 6.44. The Morgan fingerprint density at radius 2 is 1.46 bits per heavy atom. The Hall–Kier alpha value is -0.745. The van der Waals surface area contributed by atoms with Crippen LogP contribution in [0.25, 0.3) is 0 Å². The van der Waals surface area contributed by atoms with Gasteiger partial charge in [0.25, 0.3) is 0 Å². The van der Waals surface area contributed by atoms with Crippen molar-refractivity contribution in [2.24, 2.45) is 0 Å². The van der Waals surface area contributed by atoms with E-state index in [1.165, 1.54) is 0 Å². The molecular weight excluding hydrogens is 346 g/mol. The van der Waals surface area contributed by atoms with Gasteiger partial charge in [0.05, 0.1) is 11.2 Å². The molecule has 0 atom stereocenters. The van der Waals surface area contributed by atoms with Crippen LogP contribution in [0.5, 0.6) is 0 Å². The molecule has 1 aromatic rings. The third kappa shape index (κ3) is 3.91. The summed E-state index contributed by atoms with van der Waals surface area (Å²) in [6.07, 6.45) is 0. The summed E-state index contributed by atoms with van der Waals surface area (Å²) in [4.78, 5) is 4.94. The van der Waals surface area contributed by atoms with Crippen molar-refractivity contribution in [1.82, 2.24) is 4.90 Å². The van der Waals surface area contributed by atoms with Gasteiger partial charge in [-0.3, -0.25) is 4.90 Å². The largest absolute Gasteiger partial charge is 0.494 e. The van der Waals surface area contributed by atoms with E-state index in [0.717, 1.165) is 42.4 Å². The highest BCUT2D eigenvalue weighted by atomic mass is 35.5. The number of halogens is 1. The molecule has 0 bridgehead atoms. The molecule has 2 heterocycles. The van der Waals surface area contributed by atoms with Crippen LogP contribution >= 0.6 is 11.6 Å². The first kappa shape index (κ1) is 20.0. The molecular formula is C20H32BClN2O2. The number of hydrogen-bond donors (Lipinski definition) is 0. The maximum Gasteiger partial charge on any atom is 0.494 e. The lowest BCUT2D eigenvalue weighted by Crippen LogP contribution is -2.53. The fraction of sp³-hybridized carbons (Fsp3) is 0.700. The molecule has 26 heavy (non-hydrogen) atoms. The molecule has 0 aliphatic carbocycles. The topological polar surface area (TPSA) is 24.9 Å². The van der Waals surface area contributed by atoms with Crippen molar-refractivity contribution in [1.29, 1.82) is 0 Å². The fourth-order valence-corrected chi connectivity index (χ4v) is 3.77. The average molecular weight is 379 g/mol. The standard InChI is InChI=1S/C20H32BClN2O2/c1-18(2,3)24-10-8-23(9-11-24)17-13-15(12-16(22)14-17)21-25-19(4,5)20(6,7)26-21/h12-14H,8-11H2,1-7H3. The van der Waals surface area contributed by atoms with Crippen LogP contribution < -0.4 is 10.4 Å². The van der Waals surface area contributed by atoms with E-state index < -0.39 is 0 Å². The van der Waals surface area contributed by atoms with Crippen LogP contribution in [0.15, 0.2) is 18.2 Å². The molecule has 6 heteroatoms. The molecule has 144 valence electrons. The predicted molar refractivity (Wildman–Crippen MR) is 111 cm³/mol. The smallest absolute Gasteiger partial charge is 0.399 e. The van der Waals surface area contributed by atoms with Crippen LogP contribution in [-0.2, 0) is 9.31 Å². The second-order valence-electron chi connectivity index (χ2n) is 9.48. The molecule has 0 saturated carbocycles. The summed E-state index contributed by atoms with van der Waals surface area (Å²) in [6, 6.07) is 6.17. The predicted octanol–water partition coefficient (Wildman–Crippen LogP) is 3.56. The molecule has 1 aromatic carbocycles. The lowest BCUT2D eigenvalue weighted by atomic mass is 9.79. The molecule has 0 aromatic heterocycles. The minimum Gasteiger partial charge on any atom is -0.399 e. The molecule has 0 radical (unpaired) electrons. The molecule has 0 N–H and O–H groups in total. The van der Waals surface area contributed by atoms with Crippen LogP contribution in [0.2, 0.25) is 5.02 Å². The lowest BCUT2D eigenvalue weighted by Gasteiger charge is -2.43. The molecule has 3 rings (SSSR count). The summed E-state index contributed by atoms with van der Waals surface area (Å²) in [5.74, 6) is 0. The number of hydrogen-bond acceptors (Lipinski definition) is 4. The highest BCUT2D eigenvalue weighted by Gasteiger charge is 2.51. The Morgan fingerprint density at radius 3 is 1.96 bits per heavy atom. The van der Waals surface area contributed by atoms with E-state index in [2.05, 4.69) is 64.3 Å². The summed E-state index contributed by atoms with van der Waals surface area (Å²) in [7, 11) is -0.381. The van der Waals surface area contributed by atoms with E-state index in [1.807, 2.05) is 12.1 Å². The van der Waals surface area contributed by atoms with Crippen LogP contribution in [-0.4, -0.2) is 54.9 Å². The maximum absolute atomic E-state index is 6.44. The molecule has 2 aliphatic heterocycles. The van der Waals surface area contributed by atoms with Gasteiger partial charge in [-0.15, -0.1) is 0 Å².